The second kappa shape index (κ2) is 9.09. The molecule has 0 amide bonds. The molecular formula is C18H19NO8S. The van der Waals surface area contributed by atoms with E-state index in [4.69, 9.17) is 29.4 Å². The highest BCUT2D eigenvalue weighted by Gasteiger charge is 2.28. The lowest BCUT2D eigenvalue weighted by atomic mass is 10.1. The summed E-state index contributed by atoms with van der Waals surface area (Å²) in [5.41, 5.74) is 6.12. The van der Waals surface area contributed by atoms with E-state index in [2.05, 4.69) is 0 Å². The van der Waals surface area contributed by atoms with Gasteiger partial charge in [-0.15, -0.1) is 11.3 Å². The third-order valence-corrected chi connectivity index (χ3v) is 4.80. The summed E-state index contributed by atoms with van der Waals surface area (Å²) in [4.78, 5) is 36.5. The predicted molar refractivity (Wildman–Crippen MR) is 100 cm³/mol. The van der Waals surface area contributed by atoms with Gasteiger partial charge in [0.25, 0.3) is 0 Å². The molecule has 1 heterocycles. The predicted octanol–water partition coefficient (Wildman–Crippen LogP) is 2.28. The first-order valence-electron chi connectivity index (χ1n) is 7.84. The lowest BCUT2D eigenvalue weighted by molar-refractivity contribution is 0.0452. The van der Waals surface area contributed by atoms with Crippen LogP contribution in [-0.4, -0.2) is 46.3 Å². The van der Waals surface area contributed by atoms with Crippen molar-refractivity contribution in [1.29, 1.82) is 0 Å². The summed E-state index contributed by atoms with van der Waals surface area (Å²) in [6, 6.07) is 4.50. The normalized spacial score (nSPS) is 10.1. The monoisotopic (exact) mass is 409 g/mol. The Kier molecular flexibility index (Phi) is 6.83. The van der Waals surface area contributed by atoms with Crippen molar-refractivity contribution in [2.45, 2.75) is 6.61 Å². The molecule has 9 nitrogen and oxygen atoms in total. The van der Waals surface area contributed by atoms with Crippen LogP contribution in [0.2, 0.25) is 0 Å². The Labute approximate surface area is 164 Å². The number of hydrogen-bond acceptors (Lipinski definition) is 10. The molecule has 10 heteroatoms. The van der Waals surface area contributed by atoms with Crippen LogP contribution in [0.5, 0.6) is 11.5 Å². The molecule has 0 bridgehead atoms. The molecule has 0 unspecified atom stereocenters. The number of benzene rings is 1. The number of rotatable bonds is 7. The molecule has 0 saturated carbocycles. The van der Waals surface area contributed by atoms with Crippen LogP contribution in [0.25, 0.3) is 0 Å². The smallest absolute Gasteiger partial charge is 0.348 e. The molecule has 0 aliphatic carbocycles. The van der Waals surface area contributed by atoms with E-state index in [9.17, 15) is 14.4 Å². The van der Waals surface area contributed by atoms with Gasteiger partial charge < -0.3 is 29.4 Å². The van der Waals surface area contributed by atoms with Crippen molar-refractivity contribution in [3.63, 3.8) is 0 Å². The van der Waals surface area contributed by atoms with Gasteiger partial charge in [0.2, 0.25) is 0 Å². The number of carbonyl (C=O) groups is 3. The number of nitrogens with two attached hydrogens (primary N) is 1. The highest BCUT2D eigenvalue weighted by Crippen LogP contribution is 2.33. The minimum absolute atomic E-state index is 0.0342. The van der Waals surface area contributed by atoms with Crippen molar-refractivity contribution >= 4 is 34.2 Å². The summed E-state index contributed by atoms with van der Waals surface area (Å²) in [5, 5.41) is 0.0596. The molecule has 1 aromatic heterocycles. The number of anilines is 1. The van der Waals surface area contributed by atoms with E-state index >= 15 is 0 Å². The number of esters is 3. The molecule has 0 aliphatic rings. The standard InChI is InChI=1S/C18H19NO8S/c1-23-11-6-5-9(7-12(11)24-2)16(20)27-8-10-13(17(21)25-3)15(19)28-14(10)18(22)26-4/h5-7H,8,19H2,1-4H3. The van der Waals surface area contributed by atoms with E-state index in [-0.39, 0.29) is 33.2 Å². The van der Waals surface area contributed by atoms with Crippen LogP contribution in [0.4, 0.5) is 5.00 Å². The average molecular weight is 409 g/mol. The van der Waals surface area contributed by atoms with Gasteiger partial charge in [0.1, 0.15) is 22.0 Å². The summed E-state index contributed by atoms with van der Waals surface area (Å²) >= 11 is 0.850. The number of hydrogen-bond donors (Lipinski definition) is 1. The minimum Gasteiger partial charge on any atom is -0.493 e. The summed E-state index contributed by atoms with van der Waals surface area (Å²) in [6.07, 6.45) is 0. The molecule has 1 aromatic carbocycles. The van der Waals surface area contributed by atoms with Crippen LogP contribution in [0.15, 0.2) is 18.2 Å². The Bertz CT molecular complexity index is 905. The van der Waals surface area contributed by atoms with E-state index in [0.29, 0.717) is 11.5 Å². The number of nitrogen functional groups attached to an aromatic ring is 1. The Morgan fingerprint density at radius 3 is 2.14 bits per heavy atom. The van der Waals surface area contributed by atoms with Crippen molar-refractivity contribution in [3.05, 3.63) is 39.8 Å². The molecule has 0 aliphatic heterocycles. The number of carbonyl (C=O) groups excluding carboxylic acids is 3. The van der Waals surface area contributed by atoms with Gasteiger partial charge in [-0.1, -0.05) is 0 Å². The summed E-state index contributed by atoms with van der Waals surface area (Å²) in [7, 11) is 5.28. The lowest BCUT2D eigenvalue weighted by Crippen LogP contribution is -2.13. The first kappa shape index (κ1) is 21.0. The zero-order valence-electron chi connectivity index (χ0n) is 15.7. The molecule has 0 saturated heterocycles. The van der Waals surface area contributed by atoms with Gasteiger partial charge in [0.05, 0.1) is 34.0 Å². The largest absolute Gasteiger partial charge is 0.493 e. The maximum Gasteiger partial charge on any atom is 0.348 e. The van der Waals surface area contributed by atoms with Crippen LogP contribution in [0, 0.1) is 0 Å². The van der Waals surface area contributed by atoms with E-state index < -0.39 is 17.9 Å². The molecule has 150 valence electrons. The SMILES string of the molecule is COC(=O)c1sc(N)c(C(=O)OC)c1COC(=O)c1ccc(OC)c(OC)c1. The van der Waals surface area contributed by atoms with Crippen LogP contribution in [0.3, 0.4) is 0 Å². The number of thiophene rings is 1. The molecule has 2 N–H and O–H groups in total. The maximum absolute atomic E-state index is 12.4. The Morgan fingerprint density at radius 2 is 1.57 bits per heavy atom. The van der Waals surface area contributed by atoms with E-state index in [1.807, 2.05) is 0 Å². The van der Waals surface area contributed by atoms with Gasteiger partial charge in [-0.3, -0.25) is 0 Å². The molecule has 0 fully saturated rings. The van der Waals surface area contributed by atoms with Crippen LogP contribution in [-0.2, 0) is 20.8 Å². The summed E-state index contributed by atoms with van der Waals surface area (Å²) in [5.74, 6) is -1.35. The van der Waals surface area contributed by atoms with Crippen LogP contribution < -0.4 is 15.2 Å². The summed E-state index contributed by atoms with van der Waals surface area (Å²) < 4.78 is 24.9. The topological polar surface area (TPSA) is 123 Å². The Morgan fingerprint density at radius 1 is 0.929 bits per heavy atom. The Balaban J connectivity index is 2.31. The molecule has 0 spiro atoms. The fourth-order valence-corrected chi connectivity index (χ4v) is 3.37. The highest BCUT2D eigenvalue weighted by molar-refractivity contribution is 7.18. The zero-order valence-corrected chi connectivity index (χ0v) is 16.5. The van der Waals surface area contributed by atoms with Gasteiger partial charge in [-0.05, 0) is 18.2 Å². The van der Waals surface area contributed by atoms with Crippen LogP contribution in [0.1, 0.15) is 36.0 Å². The van der Waals surface area contributed by atoms with Gasteiger partial charge in [0.15, 0.2) is 11.5 Å². The van der Waals surface area contributed by atoms with Gasteiger partial charge in [-0.2, -0.15) is 0 Å². The number of ether oxygens (including phenoxy) is 5. The number of methoxy groups -OCH3 is 4. The molecule has 2 aromatic rings. The third kappa shape index (κ3) is 4.17. The van der Waals surface area contributed by atoms with Crippen molar-refractivity contribution in [2.75, 3.05) is 34.2 Å². The molecule has 0 atom stereocenters. The maximum atomic E-state index is 12.4. The van der Waals surface area contributed by atoms with Gasteiger partial charge >= 0.3 is 17.9 Å². The van der Waals surface area contributed by atoms with E-state index in [0.717, 1.165) is 11.3 Å². The van der Waals surface area contributed by atoms with Gasteiger partial charge in [-0.25, -0.2) is 14.4 Å². The third-order valence-electron chi connectivity index (χ3n) is 3.76. The molecule has 2 rings (SSSR count). The molecule has 28 heavy (non-hydrogen) atoms. The van der Waals surface area contributed by atoms with E-state index in [1.165, 1.54) is 40.6 Å². The van der Waals surface area contributed by atoms with Gasteiger partial charge in [0, 0.05) is 5.56 Å². The quantitative estimate of drug-likeness (QED) is 0.542. The van der Waals surface area contributed by atoms with Crippen molar-refractivity contribution < 1.29 is 38.1 Å². The van der Waals surface area contributed by atoms with Crippen molar-refractivity contribution in [1.82, 2.24) is 0 Å². The second-order valence-electron chi connectivity index (χ2n) is 5.28. The minimum atomic E-state index is -0.749. The molecule has 0 radical (unpaired) electrons. The lowest BCUT2D eigenvalue weighted by Gasteiger charge is -2.10. The van der Waals surface area contributed by atoms with Crippen LogP contribution >= 0.6 is 11.3 Å². The van der Waals surface area contributed by atoms with E-state index in [1.54, 1.807) is 6.07 Å². The molecular weight excluding hydrogens is 390 g/mol. The fourth-order valence-electron chi connectivity index (χ4n) is 2.39. The van der Waals surface area contributed by atoms with Crippen molar-refractivity contribution in [3.8, 4) is 11.5 Å². The first-order valence-corrected chi connectivity index (χ1v) is 8.66. The fraction of sp³-hybridized carbons (Fsp3) is 0.278. The Hall–Kier alpha value is -3.27. The average Bonchev–Trinajstić information content (AvgIpc) is 3.06. The zero-order chi connectivity index (χ0) is 20.8. The second-order valence-corrected chi connectivity index (χ2v) is 6.33. The first-order chi connectivity index (χ1) is 13.4. The van der Waals surface area contributed by atoms with Crippen molar-refractivity contribution in [2.24, 2.45) is 0 Å². The highest BCUT2D eigenvalue weighted by atomic mass is 32.1. The summed E-state index contributed by atoms with van der Waals surface area (Å²) in [6.45, 7) is -0.379.